The van der Waals surface area contributed by atoms with Crippen LogP contribution in [0.3, 0.4) is 0 Å². The van der Waals surface area contributed by atoms with Gasteiger partial charge in [-0.15, -0.1) is 0 Å². The predicted octanol–water partition coefficient (Wildman–Crippen LogP) is 4.45. The van der Waals surface area contributed by atoms with Crippen LogP contribution in [0.25, 0.3) is 11.2 Å². The zero-order chi connectivity index (χ0) is 24.6. The maximum absolute atomic E-state index is 5.62. The van der Waals surface area contributed by atoms with Crippen molar-refractivity contribution in [2.24, 2.45) is 5.73 Å². The molecular weight excluding hydrogens is 452 g/mol. The second kappa shape index (κ2) is 12.5. The number of benzene rings is 1. The Morgan fingerprint density at radius 2 is 1.75 bits per heavy atom. The lowest BCUT2D eigenvalue weighted by Gasteiger charge is -2.26. The number of fused-ring (bicyclic) bond motifs is 1. The summed E-state index contributed by atoms with van der Waals surface area (Å²) >= 11 is 0. The number of aromatic nitrogens is 4. The number of unbranched alkanes of at least 4 members (excludes halogenated alkanes) is 3. The molecule has 2 aromatic heterocycles. The van der Waals surface area contributed by atoms with E-state index in [4.69, 9.17) is 25.4 Å². The molecule has 3 heterocycles. The van der Waals surface area contributed by atoms with E-state index in [1.54, 1.807) is 0 Å². The Morgan fingerprint density at radius 1 is 0.972 bits per heavy atom. The second-order valence-electron chi connectivity index (χ2n) is 10.00. The third-order valence-electron chi connectivity index (χ3n) is 7.28. The first kappa shape index (κ1) is 24.9. The van der Waals surface area contributed by atoms with E-state index in [0.29, 0.717) is 12.0 Å². The van der Waals surface area contributed by atoms with Gasteiger partial charge in [0, 0.05) is 37.9 Å². The van der Waals surface area contributed by atoms with Gasteiger partial charge >= 0.3 is 0 Å². The Balaban J connectivity index is 1.32. The Bertz CT molecular complexity index is 1090. The van der Waals surface area contributed by atoms with E-state index in [1.165, 1.54) is 37.7 Å². The summed E-state index contributed by atoms with van der Waals surface area (Å²) in [5.74, 6) is 1.41. The van der Waals surface area contributed by atoms with Crippen molar-refractivity contribution < 1.29 is 4.74 Å². The SMILES string of the molecule is NCCCCCCNc1nc(Nc2ccc(CN3CCOCC3)cc2)c2ncn(C3CCCC3)c2n1. The zero-order valence-electron chi connectivity index (χ0n) is 21.3. The van der Waals surface area contributed by atoms with Crippen LogP contribution in [0.4, 0.5) is 17.5 Å². The van der Waals surface area contributed by atoms with E-state index in [1.807, 2.05) is 6.33 Å². The van der Waals surface area contributed by atoms with Gasteiger partial charge in [-0.25, -0.2) is 4.98 Å². The van der Waals surface area contributed by atoms with Crippen molar-refractivity contribution in [2.45, 2.75) is 64.0 Å². The van der Waals surface area contributed by atoms with E-state index < -0.39 is 0 Å². The quantitative estimate of drug-likeness (QED) is 0.319. The van der Waals surface area contributed by atoms with Crippen LogP contribution in [0.2, 0.25) is 0 Å². The van der Waals surface area contributed by atoms with Gasteiger partial charge in [0.25, 0.3) is 0 Å². The van der Waals surface area contributed by atoms with Gasteiger partial charge in [0.1, 0.15) is 0 Å². The molecule has 0 unspecified atom stereocenters. The molecule has 5 rings (SSSR count). The number of ether oxygens (including phenoxy) is 1. The molecule has 4 N–H and O–H groups in total. The van der Waals surface area contributed by atoms with Crippen LogP contribution < -0.4 is 16.4 Å². The molecule has 1 saturated carbocycles. The number of nitrogens with two attached hydrogens (primary N) is 1. The third kappa shape index (κ3) is 6.32. The summed E-state index contributed by atoms with van der Waals surface area (Å²) in [6.07, 6.45) is 11.4. The molecule has 0 spiro atoms. The molecule has 2 fully saturated rings. The van der Waals surface area contributed by atoms with Gasteiger partial charge in [-0.1, -0.05) is 37.8 Å². The van der Waals surface area contributed by atoms with E-state index in [-0.39, 0.29) is 0 Å². The predicted molar refractivity (Wildman–Crippen MR) is 145 cm³/mol. The summed E-state index contributed by atoms with van der Waals surface area (Å²) in [6, 6.07) is 9.10. The van der Waals surface area contributed by atoms with Gasteiger partial charge < -0.3 is 25.7 Å². The average Bonchev–Trinajstić information content (AvgIpc) is 3.58. The molecule has 1 aliphatic heterocycles. The van der Waals surface area contributed by atoms with Crippen LogP contribution >= 0.6 is 0 Å². The minimum Gasteiger partial charge on any atom is -0.379 e. The fourth-order valence-corrected chi connectivity index (χ4v) is 5.20. The summed E-state index contributed by atoms with van der Waals surface area (Å²) < 4.78 is 7.72. The lowest BCUT2D eigenvalue weighted by Crippen LogP contribution is -2.35. The minimum absolute atomic E-state index is 0.473. The first-order chi connectivity index (χ1) is 17.8. The highest BCUT2D eigenvalue weighted by atomic mass is 16.5. The van der Waals surface area contributed by atoms with Crippen LogP contribution in [0.15, 0.2) is 30.6 Å². The molecule has 2 aliphatic rings. The van der Waals surface area contributed by atoms with E-state index >= 15 is 0 Å². The number of imidazole rings is 1. The van der Waals surface area contributed by atoms with Crippen molar-refractivity contribution in [1.29, 1.82) is 0 Å². The highest BCUT2D eigenvalue weighted by Gasteiger charge is 2.22. The fourth-order valence-electron chi connectivity index (χ4n) is 5.20. The molecule has 1 aliphatic carbocycles. The lowest BCUT2D eigenvalue weighted by molar-refractivity contribution is 0.0342. The van der Waals surface area contributed by atoms with Crippen molar-refractivity contribution in [2.75, 3.05) is 50.0 Å². The molecule has 0 amide bonds. The molecule has 9 nitrogen and oxygen atoms in total. The smallest absolute Gasteiger partial charge is 0.226 e. The molecular formula is C27H40N8O. The van der Waals surface area contributed by atoms with Crippen LogP contribution in [-0.2, 0) is 11.3 Å². The highest BCUT2D eigenvalue weighted by molar-refractivity contribution is 5.86. The van der Waals surface area contributed by atoms with Crippen molar-refractivity contribution in [3.63, 3.8) is 0 Å². The number of nitrogens with zero attached hydrogens (tertiary/aromatic N) is 5. The second-order valence-corrected chi connectivity index (χ2v) is 10.00. The van der Waals surface area contributed by atoms with Gasteiger partial charge in [-0.2, -0.15) is 9.97 Å². The van der Waals surface area contributed by atoms with Gasteiger partial charge in [-0.3, -0.25) is 4.90 Å². The van der Waals surface area contributed by atoms with Crippen LogP contribution in [0, 0.1) is 0 Å². The van der Waals surface area contributed by atoms with Gasteiger partial charge in [0.15, 0.2) is 17.0 Å². The van der Waals surface area contributed by atoms with Crippen molar-refractivity contribution in [1.82, 2.24) is 24.4 Å². The number of hydrogen-bond acceptors (Lipinski definition) is 8. The van der Waals surface area contributed by atoms with Crippen molar-refractivity contribution in [3.8, 4) is 0 Å². The van der Waals surface area contributed by atoms with Crippen molar-refractivity contribution >= 4 is 28.6 Å². The highest BCUT2D eigenvalue weighted by Crippen LogP contribution is 2.33. The monoisotopic (exact) mass is 492 g/mol. The molecule has 0 bridgehead atoms. The van der Waals surface area contributed by atoms with Crippen molar-refractivity contribution in [3.05, 3.63) is 36.2 Å². The summed E-state index contributed by atoms with van der Waals surface area (Å²) in [7, 11) is 0. The van der Waals surface area contributed by atoms with Gasteiger partial charge in [-0.05, 0) is 49.9 Å². The molecule has 3 aromatic rings. The largest absolute Gasteiger partial charge is 0.379 e. The van der Waals surface area contributed by atoms with Gasteiger partial charge in [0.2, 0.25) is 5.95 Å². The average molecular weight is 493 g/mol. The fraction of sp³-hybridized carbons (Fsp3) is 0.593. The van der Waals surface area contributed by atoms with Crippen LogP contribution in [0.5, 0.6) is 0 Å². The number of anilines is 3. The minimum atomic E-state index is 0.473. The first-order valence-electron chi connectivity index (χ1n) is 13.6. The number of nitrogens with one attached hydrogen (secondary N) is 2. The summed E-state index contributed by atoms with van der Waals surface area (Å²) in [5, 5.41) is 6.98. The molecule has 0 radical (unpaired) electrons. The van der Waals surface area contributed by atoms with E-state index in [9.17, 15) is 0 Å². The molecule has 9 heteroatoms. The Hall–Kier alpha value is -2.75. The van der Waals surface area contributed by atoms with E-state index in [0.717, 1.165) is 87.9 Å². The van der Waals surface area contributed by atoms with Crippen LogP contribution in [-0.4, -0.2) is 63.8 Å². The number of hydrogen-bond donors (Lipinski definition) is 3. The Morgan fingerprint density at radius 3 is 2.53 bits per heavy atom. The summed E-state index contributed by atoms with van der Waals surface area (Å²) in [6.45, 7) is 6.19. The molecule has 1 aromatic carbocycles. The normalized spacial score (nSPS) is 17.1. The molecule has 194 valence electrons. The zero-order valence-corrected chi connectivity index (χ0v) is 21.3. The lowest BCUT2D eigenvalue weighted by atomic mass is 10.2. The third-order valence-corrected chi connectivity index (χ3v) is 7.28. The topological polar surface area (TPSA) is 106 Å². The molecule has 36 heavy (non-hydrogen) atoms. The number of morpholine rings is 1. The number of rotatable bonds is 12. The standard InChI is InChI=1S/C27H40N8O/c28-13-5-1-2-6-14-29-27-32-25(24-26(33-27)35(20-30-24)23-7-3-4-8-23)31-22-11-9-21(10-12-22)19-34-15-17-36-18-16-34/h9-12,20,23H,1-8,13-19,28H2,(H2,29,31,32,33). The Labute approximate surface area is 213 Å². The summed E-state index contributed by atoms with van der Waals surface area (Å²) in [5.41, 5.74) is 9.66. The van der Waals surface area contributed by atoms with Gasteiger partial charge in [0.05, 0.1) is 19.5 Å². The maximum Gasteiger partial charge on any atom is 0.226 e. The first-order valence-corrected chi connectivity index (χ1v) is 13.6. The van der Waals surface area contributed by atoms with Crippen LogP contribution in [0.1, 0.15) is 63.0 Å². The summed E-state index contributed by atoms with van der Waals surface area (Å²) in [4.78, 5) is 16.9. The Kier molecular flexibility index (Phi) is 8.63. The van der Waals surface area contributed by atoms with E-state index in [2.05, 4.69) is 44.4 Å². The molecule has 1 saturated heterocycles. The molecule has 0 atom stereocenters. The maximum atomic E-state index is 5.62.